The molecule has 0 amide bonds. The number of fused-ring (bicyclic) bond motifs is 1. The second-order valence-electron chi connectivity index (χ2n) is 6.11. The summed E-state index contributed by atoms with van der Waals surface area (Å²) in [5.74, 6) is 1.18. The SMILES string of the molecule is Cc1ccc(-c2c(C)sc3nc(CSc4nncn4C)[nH]c(=O)c23)cc1. The second-order valence-corrected chi connectivity index (χ2v) is 8.25. The molecule has 132 valence electrons. The van der Waals surface area contributed by atoms with Gasteiger partial charge in [-0.05, 0) is 19.4 Å². The first-order chi connectivity index (χ1) is 12.5. The number of aromatic amines is 1. The molecule has 4 aromatic rings. The number of aryl methyl sites for hydroxylation is 3. The molecule has 6 nitrogen and oxygen atoms in total. The van der Waals surface area contributed by atoms with Crippen molar-refractivity contribution in [3.8, 4) is 11.1 Å². The molecular weight excluding hydrogens is 366 g/mol. The maximum absolute atomic E-state index is 12.8. The van der Waals surface area contributed by atoms with Crippen molar-refractivity contribution in [3.05, 3.63) is 57.2 Å². The number of aromatic nitrogens is 5. The summed E-state index contributed by atoms with van der Waals surface area (Å²) in [6.07, 6.45) is 1.65. The van der Waals surface area contributed by atoms with Gasteiger partial charge in [0.25, 0.3) is 5.56 Å². The van der Waals surface area contributed by atoms with Gasteiger partial charge in [-0.1, -0.05) is 41.6 Å². The fourth-order valence-corrected chi connectivity index (χ4v) is 4.66. The highest BCUT2D eigenvalue weighted by molar-refractivity contribution is 7.98. The van der Waals surface area contributed by atoms with Crippen molar-refractivity contribution in [1.82, 2.24) is 24.7 Å². The highest BCUT2D eigenvalue weighted by Crippen LogP contribution is 2.35. The van der Waals surface area contributed by atoms with Crippen LogP contribution in [0.4, 0.5) is 0 Å². The molecule has 0 fully saturated rings. The van der Waals surface area contributed by atoms with Crippen LogP contribution in [-0.2, 0) is 12.8 Å². The molecule has 1 N–H and O–H groups in total. The molecule has 0 bridgehead atoms. The minimum Gasteiger partial charge on any atom is -0.312 e. The third-order valence-corrected chi connectivity index (χ3v) is 6.18. The topological polar surface area (TPSA) is 76.5 Å². The van der Waals surface area contributed by atoms with Gasteiger partial charge >= 0.3 is 0 Å². The van der Waals surface area contributed by atoms with Gasteiger partial charge < -0.3 is 9.55 Å². The normalized spacial score (nSPS) is 11.3. The molecule has 0 aliphatic rings. The lowest BCUT2D eigenvalue weighted by Crippen LogP contribution is -2.11. The van der Waals surface area contributed by atoms with E-state index in [1.54, 1.807) is 17.7 Å². The highest BCUT2D eigenvalue weighted by atomic mass is 32.2. The molecule has 0 saturated heterocycles. The van der Waals surface area contributed by atoms with E-state index in [9.17, 15) is 4.79 Å². The molecule has 0 radical (unpaired) electrons. The summed E-state index contributed by atoms with van der Waals surface area (Å²) in [6, 6.07) is 8.24. The van der Waals surface area contributed by atoms with Crippen LogP contribution in [0.25, 0.3) is 21.3 Å². The lowest BCUT2D eigenvalue weighted by atomic mass is 10.0. The summed E-state index contributed by atoms with van der Waals surface area (Å²) >= 11 is 3.05. The summed E-state index contributed by atoms with van der Waals surface area (Å²) < 4.78 is 1.84. The van der Waals surface area contributed by atoms with E-state index in [1.165, 1.54) is 17.3 Å². The molecule has 0 aliphatic carbocycles. The van der Waals surface area contributed by atoms with Crippen LogP contribution in [0, 0.1) is 13.8 Å². The Morgan fingerprint density at radius 3 is 2.69 bits per heavy atom. The zero-order valence-electron chi connectivity index (χ0n) is 14.6. The van der Waals surface area contributed by atoms with Crippen molar-refractivity contribution >= 4 is 33.3 Å². The molecule has 0 saturated carbocycles. The van der Waals surface area contributed by atoms with E-state index in [4.69, 9.17) is 0 Å². The fraction of sp³-hybridized carbons (Fsp3) is 0.222. The lowest BCUT2D eigenvalue weighted by molar-refractivity contribution is 0.787. The van der Waals surface area contributed by atoms with Gasteiger partial charge in [0.15, 0.2) is 5.16 Å². The first-order valence-corrected chi connectivity index (χ1v) is 9.89. The predicted octanol–water partition coefficient (Wildman–Crippen LogP) is 3.69. The number of nitrogens with one attached hydrogen (secondary N) is 1. The van der Waals surface area contributed by atoms with Gasteiger partial charge in [-0.25, -0.2) is 4.98 Å². The Morgan fingerprint density at radius 2 is 2.00 bits per heavy atom. The maximum Gasteiger partial charge on any atom is 0.260 e. The molecule has 8 heteroatoms. The smallest absolute Gasteiger partial charge is 0.260 e. The van der Waals surface area contributed by atoms with E-state index in [-0.39, 0.29) is 5.56 Å². The van der Waals surface area contributed by atoms with E-state index in [2.05, 4.69) is 51.4 Å². The van der Waals surface area contributed by atoms with Crippen LogP contribution in [0.5, 0.6) is 0 Å². The molecule has 3 aromatic heterocycles. The molecule has 0 atom stereocenters. The predicted molar refractivity (Wildman–Crippen MR) is 106 cm³/mol. The zero-order chi connectivity index (χ0) is 18.3. The number of H-pyrrole nitrogens is 1. The Hall–Kier alpha value is -2.45. The quantitative estimate of drug-likeness (QED) is 0.544. The Balaban J connectivity index is 1.73. The van der Waals surface area contributed by atoms with E-state index in [0.717, 1.165) is 26.0 Å². The van der Waals surface area contributed by atoms with Gasteiger partial charge in [0.05, 0.1) is 11.1 Å². The van der Waals surface area contributed by atoms with Crippen LogP contribution >= 0.6 is 23.1 Å². The second kappa shape index (κ2) is 6.69. The van der Waals surface area contributed by atoms with E-state index < -0.39 is 0 Å². The monoisotopic (exact) mass is 383 g/mol. The van der Waals surface area contributed by atoms with Crippen LogP contribution in [0.3, 0.4) is 0 Å². The number of hydrogen-bond acceptors (Lipinski definition) is 6. The molecule has 3 heterocycles. The maximum atomic E-state index is 12.8. The van der Waals surface area contributed by atoms with Crippen molar-refractivity contribution in [2.75, 3.05) is 0 Å². The number of rotatable bonds is 4. The van der Waals surface area contributed by atoms with Crippen LogP contribution in [0.2, 0.25) is 0 Å². The first-order valence-electron chi connectivity index (χ1n) is 8.09. The first kappa shape index (κ1) is 17.0. The molecule has 4 rings (SSSR count). The number of nitrogens with zero attached hydrogens (tertiary/aromatic N) is 4. The number of benzene rings is 1. The number of hydrogen-bond donors (Lipinski definition) is 1. The van der Waals surface area contributed by atoms with E-state index in [0.29, 0.717) is 17.0 Å². The van der Waals surface area contributed by atoms with Crippen molar-refractivity contribution < 1.29 is 0 Å². The van der Waals surface area contributed by atoms with E-state index in [1.807, 2.05) is 18.5 Å². The molecule has 0 aliphatic heterocycles. The van der Waals surface area contributed by atoms with E-state index >= 15 is 0 Å². The lowest BCUT2D eigenvalue weighted by Gasteiger charge is -2.04. The van der Waals surface area contributed by atoms with Crippen molar-refractivity contribution in [2.24, 2.45) is 7.05 Å². The molecule has 0 unspecified atom stereocenters. The standard InChI is InChI=1S/C18H17N5OS2/c1-10-4-6-12(7-5-10)14-11(2)26-17-15(14)16(24)20-13(21-17)8-25-18-22-19-9-23(18)3/h4-7,9H,8H2,1-3H3,(H,20,21,24). The summed E-state index contributed by atoms with van der Waals surface area (Å²) in [5, 5.41) is 9.35. The molecule has 1 aromatic carbocycles. The third kappa shape index (κ3) is 3.06. The third-order valence-electron chi connectivity index (χ3n) is 4.14. The molecular formula is C18H17N5OS2. The highest BCUT2D eigenvalue weighted by Gasteiger charge is 2.17. The largest absolute Gasteiger partial charge is 0.312 e. The zero-order valence-corrected chi connectivity index (χ0v) is 16.2. The minimum atomic E-state index is -0.0940. The van der Waals surface area contributed by atoms with Gasteiger partial charge in [-0.15, -0.1) is 21.5 Å². The van der Waals surface area contributed by atoms with Crippen LogP contribution in [0.15, 0.2) is 40.5 Å². The van der Waals surface area contributed by atoms with Gasteiger partial charge in [-0.3, -0.25) is 4.79 Å². The fourth-order valence-electron chi connectivity index (χ4n) is 2.84. The van der Waals surface area contributed by atoms with Gasteiger partial charge in [0.2, 0.25) is 0 Å². The van der Waals surface area contributed by atoms with Crippen LogP contribution in [-0.4, -0.2) is 24.7 Å². The summed E-state index contributed by atoms with van der Waals surface area (Å²) in [4.78, 5) is 22.2. The Morgan fingerprint density at radius 1 is 1.23 bits per heavy atom. The Kier molecular flexibility index (Phi) is 4.37. The number of thioether (sulfide) groups is 1. The Bertz CT molecular complexity index is 1140. The van der Waals surface area contributed by atoms with Crippen molar-refractivity contribution in [3.63, 3.8) is 0 Å². The van der Waals surface area contributed by atoms with Crippen molar-refractivity contribution in [1.29, 1.82) is 0 Å². The summed E-state index contributed by atoms with van der Waals surface area (Å²) in [5.41, 5.74) is 3.13. The van der Waals surface area contributed by atoms with Crippen LogP contribution < -0.4 is 5.56 Å². The van der Waals surface area contributed by atoms with Gasteiger partial charge in [0.1, 0.15) is 17.0 Å². The van der Waals surface area contributed by atoms with Crippen LogP contribution in [0.1, 0.15) is 16.3 Å². The van der Waals surface area contributed by atoms with Crippen molar-refractivity contribution in [2.45, 2.75) is 24.8 Å². The molecule has 26 heavy (non-hydrogen) atoms. The van der Waals surface area contributed by atoms with Gasteiger partial charge in [-0.2, -0.15) is 0 Å². The van der Waals surface area contributed by atoms with Gasteiger partial charge in [0, 0.05) is 17.5 Å². The minimum absolute atomic E-state index is 0.0940. The molecule has 0 spiro atoms. The average Bonchev–Trinajstić information content (AvgIpc) is 3.16. The number of thiophene rings is 1. The summed E-state index contributed by atoms with van der Waals surface area (Å²) in [7, 11) is 1.89. The Labute approximate surface area is 158 Å². The average molecular weight is 384 g/mol. The summed E-state index contributed by atoms with van der Waals surface area (Å²) in [6.45, 7) is 4.09.